The van der Waals surface area contributed by atoms with Crippen molar-refractivity contribution >= 4 is 23.3 Å². The van der Waals surface area contributed by atoms with Crippen molar-refractivity contribution in [1.82, 2.24) is 5.32 Å². The molecule has 110 valence electrons. The van der Waals surface area contributed by atoms with Crippen molar-refractivity contribution in [2.75, 3.05) is 14.1 Å². The first-order chi connectivity index (χ1) is 10.1. The van der Waals surface area contributed by atoms with E-state index in [9.17, 15) is 4.79 Å². The zero-order valence-corrected chi connectivity index (χ0v) is 13.2. The number of thiophene rings is 1. The lowest BCUT2D eigenvalue weighted by Gasteiger charge is -2.12. The highest BCUT2D eigenvalue weighted by atomic mass is 32.1. The Morgan fingerprint density at radius 3 is 2.62 bits per heavy atom. The minimum atomic E-state index is -0.0598. The Kier molecular flexibility index (Phi) is 5.72. The molecule has 21 heavy (non-hydrogen) atoms. The van der Waals surface area contributed by atoms with Crippen LogP contribution in [0.25, 0.3) is 6.08 Å². The molecular formula is C17H21N2OS+. The van der Waals surface area contributed by atoms with Crippen LogP contribution in [0.1, 0.15) is 16.0 Å². The van der Waals surface area contributed by atoms with E-state index in [4.69, 9.17) is 0 Å². The quantitative estimate of drug-likeness (QED) is 0.783. The lowest BCUT2D eigenvalue weighted by Crippen LogP contribution is -3.04. The summed E-state index contributed by atoms with van der Waals surface area (Å²) in [6, 6.07) is 12.2. The van der Waals surface area contributed by atoms with E-state index in [-0.39, 0.29) is 5.91 Å². The predicted molar refractivity (Wildman–Crippen MR) is 88.2 cm³/mol. The van der Waals surface area contributed by atoms with Gasteiger partial charge in [0.05, 0.1) is 14.1 Å². The number of quaternary nitrogens is 1. The van der Waals surface area contributed by atoms with Gasteiger partial charge in [-0.3, -0.25) is 4.79 Å². The van der Waals surface area contributed by atoms with Crippen LogP contribution in [0.15, 0.2) is 47.9 Å². The maximum Gasteiger partial charge on any atom is 0.244 e. The molecule has 1 heterocycles. The standard InChI is InChI=1S/C17H20N2OS/c1-19(2)13-15-7-4-3-6-14(15)12-18-17(20)10-9-16-8-5-11-21-16/h3-11H,12-13H2,1-2H3,(H,18,20)/p+1/b10-9+. The van der Waals surface area contributed by atoms with E-state index in [1.165, 1.54) is 16.0 Å². The van der Waals surface area contributed by atoms with Crippen LogP contribution in [-0.4, -0.2) is 20.0 Å². The number of hydrogen-bond acceptors (Lipinski definition) is 2. The molecule has 1 aromatic carbocycles. The van der Waals surface area contributed by atoms with Gasteiger partial charge in [-0.2, -0.15) is 0 Å². The van der Waals surface area contributed by atoms with Crippen LogP contribution in [0.2, 0.25) is 0 Å². The molecule has 0 radical (unpaired) electrons. The second-order valence-electron chi connectivity index (χ2n) is 5.22. The van der Waals surface area contributed by atoms with Crippen molar-refractivity contribution in [1.29, 1.82) is 0 Å². The third-order valence-electron chi connectivity index (χ3n) is 3.06. The lowest BCUT2D eigenvalue weighted by molar-refractivity contribution is -0.872. The van der Waals surface area contributed by atoms with Crippen molar-refractivity contribution in [3.05, 3.63) is 63.9 Å². The first-order valence-corrected chi connectivity index (χ1v) is 7.88. The van der Waals surface area contributed by atoms with Crippen LogP contribution < -0.4 is 10.2 Å². The fourth-order valence-electron chi connectivity index (χ4n) is 2.07. The van der Waals surface area contributed by atoms with Crippen LogP contribution >= 0.6 is 11.3 Å². The van der Waals surface area contributed by atoms with Crippen molar-refractivity contribution in [2.24, 2.45) is 0 Å². The topological polar surface area (TPSA) is 33.5 Å². The molecule has 1 amide bonds. The summed E-state index contributed by atoms with van der Waals surface area (Å²) in [7, 11) is 4.25. The number of carbonyl (C=O) groups excluding carboxylic acids is 1. The van der Waals surface area contributed by atoms with Gasteiger partial charge in [-0.05, 0) is 23.1 Å². The Bertz CT molecular complexity index is 603. The highest BCUT2D eigenvalue weighted by Gasteiger charge is 2.05. The molecule has 2 aromatic rings. The molecule has 2 N–H and O–H groups in total. The fraction of sp³-hybridized carbons (Fsp3) is 0.235. The highest BCUT2D eigenvalue weighted by molar-refractivity contribution is 7.10. The second kappa shape index (κ2) is 7.76. The normalized spacial score (nSPS) is 11.2. The Morgan fingerprint density at radius 2 is 1.95 bits per heavy atom. The van der Waals surface area contributed by atoms with E-state index >= 15 is 0 Å². The SMILES string of the molecule is C[NH+](C)Cc1ccccc1CNC(=O)/C=C/c1cccs1. The van der Waals surface area contributed by atoms with Crippen LogP contribution in [-0.2, 0) is 17.9 Å². The molecule has 0 saturated carbocycles. The van der Waals surface area contributed by atoms with Gasteiger partial charge in [0, 0.05) is 23.1 Å². The van der Waals surface area contributed by atoms with Gasteiger partial charge in [-0.1, -0.05) is 30.3 Å². The Morgan fingerprint density at radius 1 is 1.19 bits per heavy atom. The van der Waals surface area contributed by atoms with E-state index in [1.54, 1.807) is 17.4 Å². The number of nitrogens with one attached hydrogen (secondary N) is 2. The largest absolute Gasteiger partial charge is 0.348 e. The molecule has 0 unspecified atom stereocenters. The predicted octanol–water partition coefficient (Wildman–Crippen LogP) is 1.72. The maximum atomic E-state index is 11.8. The van der Waals surface area contributed by atoms with Gasteiger partial charge in [0.2, 0.25) is 5.91 Å². The molecule has 0 fully saturated rings. The summed E-state index contributed by atoms with van der Waals surface area (Å²) in [5, 5.41) is 4.94. The maximum absolute atomic E-state index is 11.8. The zero-order valence-electron chi connectivity index (χ0n) is 12.4. The monoisotopic (exact) mass is 301 g/mol. The van der Waals surface area contributed by atoms with Crippen LogP contribution in [0.3, 0.4) is 0 Å². The fourth-order valence-corrected chi connectivity index (χ4v) is 2.69. The molecule has 0 bridgehead atoms. The molecule has 0 atom stereocenters. The first kappa shape index (κ1) is 15.5. The number of amides is 1. The molecule has 0 spiro atoms. The molecule has 4 heteroatoms. The molecule has 0 aliphatic carbocycles. The van der Waals surface area contributed by atoms with Crippen molar-refractivity contribution in [2.45, 2.75) is 13.1 Å². The van der Waals surface area contributed by atoms with E-state index in [1.807, 2.05) is 35.7 Å². The smallest absolute Gasteiger partial charge is 0.244 e. The van der Waals surface area contributed by atoms with E-state index < -0.39 is 0 Å². The Balaban J connectivity index is 1.92. The Labute approximate surface area is 129 Å². The average Bonchev–Trinajstić information content (AvgIpc) is 2.97. The van der Waals surface area contributed by atoms with Crippen molar-refractivity contribution in [3.8, 4) is 0 Å². The molecular weight excluding hydrogens is 280 g/mol. The minimum absolute atomic E-state index is 0.0598. The van der Waals surface area contributed by atoms with Crippen molar-refractivity contribution < 1.29 is 9.69 Å². The summed E-state index contributed by atoms with van der Waals surface area (Å²) < 4.78 is 0. The average molecular weight is 301 g/mol. The summed E-state index contributed by atoms with van der Waals surface area (Å²) in [6.07, 6.45) is 3.43. The van der Waals surface area contributed by atoms with Crippen molar-refractivity contribution in [3.63, 3.8) is 0 Å². The number of benzene rings is 1. The van der Waals surface area contributed by atoms with Gasteiger partial charge < -0.3 is 10.2 Å². The zero-order chi connectivity index (χ0) is 15.1. The molecule has 0 aliphatic rings. The summed E-state index contributed by atoms with van der Waals surface area (Å²) >= 11 is 1.62. The third-order valence-corrected chi connectivity index (χ3v) is 3.90. The molecule has 3 nitrogen and oxygen atoms in total. The molecule has 0 aliphatic heterocycles. The van der Waals surface area contributed by atoms with Crippen LogP contribution in [0, 0.1) is 0 Å². The summed E-state index contributed by atoms with van der Waals surface area (Å²) in [5.74, 6) is -0.0598. The summed E-state index contributed by atoms with van der Waals surface area (Å²) in [4.78, 5) is 14.3. The Hall–Kier alpha value is -1.91. The van der Waals surface area contributed by atoms with E-state index in [0.717, 1.165) is 11.4 Å². The third kappa shape index (κ3) is 5.17. The van der Waals surface area contributed by atoms with E-state index in [2.05, 4.69) is 31.5 Å². The number of rotatable bonds is 6. The number of hydrogen-bond donors (Lipinski definition) is 2. The van der Waals surface area contributed by atoms with Gasteiger partial charge >= 0.3 is 0 Å². The summed E-state index contributed by atoms with van der Waals surface area (Å²) in [6.45, 7) is 1.52. The van der Waals surface area contributed by atoms with Gasteiger partial charge in [-0.25, -0.2) is 0 Å². The first-order valence-electron chi connectivity index (χ1n) is 7.00. The van der Waals surface area contributed by atoms with Gasteiger partial charge in [0.1, 0.15) is 6.54 Å². The second-order valence-corrected chi connectivity index (χ2v) is 6.20. The molecule has 2 rings (SSSR count). The lowest BCUT2D eigenvalue weighted by atomic mass is 10.1. The van der Waals surface area contributed by atoms with Crippen LogP contribution in [0.4, 0.5) is 0 Å². The number of carbonyl (C=O) groups is 1. The highest BCUT2D eigenvalue weighted by Crippen LogP contribution is 2.10. The minimum Gasteiger partial charge on any atom is -0.348 e. The summed E-state index contributed by atoms with van der Waals surface area (Å²) in [5.41, 5.74) is 2.46. The van der Waals surface area contributed by atoms with Crippen LogP contribution in [0.5, 0.6) is 0 Å². The molecule has 0 saturated heterocycles. The van der Waals surface area contributed by atoms with E-state index in [0.29, 0.717) is 6.54 Å². The molecule has 1 aromatic heterocycles. The van der Waals surface area contributed by atoms with Gasteiger partial charge in [-0.15, -0.1) is 11.3 Å². The van der Waals surface area contributed by atoms with Gasteiger partial charge in [0.25, 0.3) is 0 Å². The van der Waals surface area contributed by atoms with Gasteiger partial charge in [0.15, 0.2) is 0 Å².